The number of aliphatic hydroxyl groups excluding tert-OH is 1. The van der Waals surface area contributed by atoms with Crippen LogP contribution in [0.3, 0.4) is 0 Å². The summed E-state index contributed by atoms with van der Waals surface area (Å²) in [7, 11) is 9.94. The Hall–Kier alpha value is -0.600. The van der Waals surface area contributed by atoms with Crippen LogP contribution in [0.4, 0.5) is 0 Å². The normalized spacial score (nSPS) is 8.24. The summed E-state index contributed by atoms with van der Waals surface area (Å²) in [6, 6.07) is 0. The summed E-state index contributed by atoms with van der Waals surface area (Å²) in [5.41, 5.74) is 0. The summed E-state index contributed by atoms with van der Waals surface area (Å²) in [5, 5.41) is 15.1. The molecule has 0 amide bonds. The van der Waals surface area contributed by atoms with Gasteiger partial charge in [0.05, 0.1) is 20.0 Å². The quantitative estimate of drug-likeness (QED) is 0.675. The fourth-order valence-electron chi connectivity index (χ4n) is 0.736. The van der Waals surface area contributed by atoms with Gasteiger partial charge in [-0.3, -0.25) is 9.59 Å². The predicted octanol–water partition coefficient (Wildman–Crippen LogP) is 0.586. The van der Waals surface area contributed by atoms with E-state index in [-0.39, 0.29) is 37.2 Å². The third-order valence-electron chi connectivity index (χ3n) is 1.76. The Balaban J connectivity index is -0.0000000671. The smallest absolute Gasteiger partial charge is 0.306 e. The van der Waals surface area contributed by atoms with Crippen LogP contribution in [0.15, 0.2) is 0 Å². The molecule has 0 aromatic rings. The molecule has 0 bridgehead atoms. The molecule has 0 radical (unpaired) electrons. The van der Waals surface area contributed by atoms with E-state index < -0.39 is 5.97 Å². The maximum atomic E-state index is 10.5. The third-order valence-corrected chi connectivity index (χ3v) is 1.76. The van der Waals surface area contributed by atoms with Crippen molar-refractivity contribution in [3.05, 3.63) is 0 Å². The Morgan fingerprint density at radius 2 is 1.24 bits per heavy atom. The molecule has 0 rings (SSSR count). The van der Waals surface area contributed by atoms with Crippen LogP contribution in [0.25, 0.3) is 0 Å². The molecule has 0 fully saturated rings. The minimum Gasteiger partial charge on any atom is -0.481 e. The predicted molar refractivity (Wildman–Crippen MR) is 88.6 cm³/mol. The van der Waals surface area contributed by atoms with Crippen LogP contribution in [-0.2, 0) is 14.3 Å². The highest BCUT2D eigenvalue weighted by Gasteiger charge is 1.98. The summed E-state index contributed by atoms with van der Waals surface area (Å²) >= 11 is 0. The van der Waals surface area contributed by atoms with Gasteiger partial charge in [0.2, 0.25) is 0 Å². The zero-order valence-electron chi connectivity index (χ0n) is 13.7. The Bertz CT molecular complexity index is 230. The molecule has 0 unspecified atom stereocenters. The summed E-state index contributed by atoms with van der Waals surface area (Å²) in [6.45, 7) is 1.38. The van der Waals surface area contributed by atoms with Crippen LogP contribution in [0.5, 0.6) is 0 Å². The van der Waals surface area contributed by atoms with Gasteiger partial charge in [-0.2, -0.15) is 0 Å². The number of ether oxygens (including phenoxy) is 1. The topological polar surface area (TPSA) is 90.3 Å². The Labute approximate surface area is 140 Å². The Morgan fingerprint density at radius 1 is 0.905 bits per heavy atom. The van der Waals surface area contributed by atoms with Crippen LogP contribution < -0.4 is 0 Å². The molecule has 9 heteroatoms. The molecule has 0 saturated heterocycles. The average Bonchev–Trinajstić information content (AvgIpc) is 2.36. The summed E-state index contributed by atoms with van der Waals surface area (Å²) < 4.78 is 4.43. The standard InChI is InChI=1S/C6H13NO2.C5H11NO2.CH4O.2ClH/c1-7(2)5-4-6(8)9-3;1-6(2)4-3-5(7)8;1-2;;/h4-5H2,1-3H3;3-4H2,1-2H3,(H,7,8);2H,1H3;2*1H. The number of hydrogen-bond acceptors (Lipinski definition) is 6. The average molecular weight is 353 g/mol. The van der Waals surface area contributed by atoms with Crippen molar-refractivity contribution >= 4 is 36.8 Å². The van der Waals surface area contributed by atoms with E-state index in [9.17, 15) is 9.59 Å². The van der Waals surface area contributed by atoms with E-state index in [0.717, 1.165) is 13.7 Å². The minimum atomic E-state index is -0.737. The molecule has 0 spiro atoms. The number of aliphatic carboxylic acids is 1. The van der Waals surface area contributed by atoms with Gasteiger partial charge in [0.1, 0.15) is 0 Å². The lowest BCUT2D eigenvalue weighted by Crippen LogP contribution is -2.17. The largest absolute Gasteiger partial charge is 0.481 e. The van der Waals surface area contributed by atoms with Gasteiger partial charge in [-0.1, -0.05) is 0 Å². The number of carboxylic acid groups (broad SMARTS) is 1. The van der Waals surface area contributed by atoms with Crippen molar-refractivity contribution < 1.29 is 24.5 Å². The summed E-state index contributed by atoms with van der Waals surface area (Å²) in [5.74, 6) is -0.887. The zero-order valence-corrected chi connectivity index (χ0v) is 15.3. The number of aliphatic hydroxyl groups is 1. The van der Waals surface area contributed by atoms with Gasteiger partial charge < -0.3 is 24.7 Å². The van der Waals surface area contributed by atoms with E-state index in [1.807, 2.05) is 38.0 Å². The number of esters is 1. The molecule has 0 saturated carbocycles. The van der Waals surface area contributed by atoms with Crippen molar-refractivity contribution in [3.8, 4) is 0 Å². The van der Waals surface area contributed by atoms with E-state index in [0.29, 0.717) is 13.0 Å². The molecule has 0 atom stereocenters. The number of halogens is 2. The highest BCUT2D eigenvalue weighted by atomic mass is 35.5. The van der Waals surface area contributed by atoms with Crippen molar-refractivity contribution in [2.75, 3.05) is 55.5 Å². The fraction of sp³-hybridized carbons (Fsp3) is 0.833. The van der Waals surface area contributed by atoms with Gasteiger partial charge in [-0.05, 0) is 28.2 Å². The highest BCUT2D eigenvalue weighted by Crippen LogP contribution is 1.85. The molecule has 7 nitrogen and oxygen atoms in total. The second-order valence-corrected chi connectivity index (χ2v) is 4.08. The molecule has 2 N–H and O–H groups in total. The van der Waals surface area contributed by atoms with Crippen molar-refractivity contribution in [3.63, 3.8) is 0 Å². The molecule has 0 aromatic heterocycles. The van der Waals surface area contributed by atoms with Gasteiger partial charge in [-0.15, -0.1) is 24.8 Å². The van der Waals surface area contributed by atoms with Crippen molar-refractivity contribution in [2.24, 2.45) is 0 Å². The zero-order chi connectivity index (χ0) is 15.8. The maximum Gasteiger partial charge on any atom is 0.306 e. The van der Waals surface area contributed by atoms with Gasteiger partial charge in [0.15, 0.2) is 0 Å². The first-order chi connectivity index (χ1) is 8.79. The van der Waals surface area contributed by atoms with Crippen LogP contribution >= 0.6 is 24.8 Å². The number of methoxy groups -OCH3 is 1. The monoisotopic (exact) mass is 352 g/mol. The van der Waals surface area contributed by atoms with Crippen molar-refractivity contribution in [2.45, 2.75) is 12.8 Å². The molecular formula is C12H30Cl2N2O5. The summed E-state index contributed by atoms with van der Waals surface area (Å²) in [4.78, 5) is 24.1. The van der Waals surface area contributed by atoms with Gasteiger partial charge in [0.25, 0.3) is 0 Å². The van der Waals surface area contributed by atoms with E-state index in [1.165, 1.54) is 7.11 Å². The van der Waals surface area contributed by atoms with Gasteiger partial charge in [-0.25, -0.2) is 0 Å². The maximum absolute atomic E-state index is 10.5. The second-order valence-electron chi connectivity index (χ2n) is 4.08. The number of carbonyl (C=O) groups excluding carboxylic acids is 1. The Morgan fingerprint density at radius 3 is 1.43 bits per heavy atom. The van der Waals surface area contributed by atoms with Crippen LogP contribution in [0, 0.1) is 0 Å². The lowest BCUT2D eigenvalue weighted by molar-refractivity contribution is -0.141. The first-order valence-electron chi connectivity index (χ1n) is 5.82. The SMILES string of the molecule is CN(C)CCC(=O)O.CO.COC(=O)CCN(C)C.Cl.Cl. The first-order valence-corrected chi connectivity index (χ1v) is 5.82. The number of hydrogen-bond donors (Lipinski definition) is 2. The van der Waals surface area contributed by atoms with E-state index in [4.69, 9.17) is 10.2 Å². The first kappa shape index (κ1) is 32.4. The molecule has 0 aromatic carbocycles. The van der Waals surface area contributed by atoms with E-state index in [2.05, 4.69) is 4.74 Å². The highest BCUT2D eigenvalue weighted by molar-refractivity contribution is 5.85. The molecule has 0 aliphatic carbocycles. The molecule has 132 valence electrons. The van der Waals surface area contributed by atoms with Crippen LogP contribution in [-0.4, -0.2) is 87.5 Å². The Kier molecular flexibility index (Phi) is 37.6. The molecule has 21 heavy (non-hydrogen) atoms. The third kappa shape index (κ3) is 45.2. The molecule has 0 aliphatic rings. The second kappa shape index (κ2) is 24.4. The van der Waals surface area contributed by atoms with Crippen LogP contribution in [0.1, 0.15) is 12.8 Å². The van der Waals surface area contributed by atoms with E-state index in [1.54, 1.807) is 0 Å². The number of nitrogens with zero attached hydrogens (tertiary/aromatic N) is 2. The number of carboxylic acids is 1. The lowest BCUT2D eigenvalue weighted by atomic mass is 10.4. The molecular weight excluding hydrogens is 323 g/mol. The summed E-state index contributed by atoms with van der Waals surface area (Å²) in [6.07, 6.45) is 0.705. The molecule has 0 aliphatic heterocycles. The van der Waals surface area contributed by atoms with Crippen molar-refractivity contribution in [1.82, 2.24) is 9.80 Å². The molecule has 0 heterocycles. The number of carbonyl (C=O) groups is 2. The number of rotatable bonds is 6. The fourth-order valence-corrected chi connectivity index (χ4v) is 0.736. The van der Waals surface area contributed by atoms with Crippen LogP contribution in [0.2, 0.25) is 0 Å². The minimum absolute atomic E-state index is 0. The van der Waals surface area contributed by atoms with Crippen molar-refractivity contribution in [1.29, 1.82) is 0 Å². The van der Waals surface area contributed by atoms with Gasteiger partial charge >= 0.3 is 11.9 Å². The lowest BCUT2D eigenvalue weighted by Gasteiger charge is -2.06. The van der Waals surface area contributed by atoms with Gasteiger partial charge in [0, 0.05) is 20.2 Å². The van der Waals surface area contributed by atoms with E-state index >= 15 is 0 Å².